The Morgan fingerprint density at radius 2 is 1.95 bits per heavy atom. The molecule has 0 saturated heterocycles. The lowest BCUT2D eigenvalue weighted by atomic mass is 10.3. The lowest BCUT2D eigenvalue weighted by Gasteiger charge is -2.13. The van der Waals surface area contributed by atoms with Gasteiger partial charge < -0.3 is 19.5 Å². The van der Waals surface area contributed by atoms with E-state index in [2.05, 4.69) is 5.32 Å². The Bertz CT molecular complexity index is 426. The van der Waals surface area contributed by atoms with Gasteiger partial charge in [0, 0.05) is 6.61 Å². The number of halogens is 1. The molecule has 0 aliphatic heterocycles. The van der Waals surface area contributed by atoms with Gasteiger partial charge in [-0.1, -0.05) is 17.7 Å². The second-order valence-corrected chi connectivity index (χ2v) is 4.25. The van der Waals surface area contributed by atoms with E-state index in [-0.39, 0.29) is 12.5 Å². The second-order valence-electron chi connectivity index (χ2n) is 3.85. The number of hydrogen-bond acceptors (Lipinski definition) is 4. The number of amides is 1. The molecule has 0 saturated carbocycles. The molecule has 1 aromatic rings. The van der Waals surface area contributed by atoms with Crippen molar-refractivity contribution in [2.75, 3.05) is 38.4 Å². The fourth-order valence-electron chi connectivity index (χ4n) is 1.51. The van der Waals surface area contributed by atoms with Crippen molar-refractivity contribution in [1.29, 1.82) is 0 Å². The fourth-order valence-corrected chi connectivity index (χ4v) is 1.74. The van der Waals surface area contributed by atoms with Crippen LogP contribution >= 0.6 is 11.6 Å². The molecule has 0 aliphatic rings. The number of rotatable bonds is 9. The van der Waals surface area contributed by atoms with Crippen molar-refractivity contribution in [3.63, 3.8) is 0 Å². The standard InChI is InChI=1S/C14H20ClNO4/c1-3-18-8-9-19-10-13(17)16-12-7-5-6-11(15)14(12)20-4-2/h5-7H,3-4,8-10H2,1-2H3,(H,16,17). The van der Waals surface area contributed by atoms with Gasteiger partial charge in [0.2, 0.25) is 5.91 Å². The van der Waals surface area contributed by atoms with Gasteiger partial charge in [0.25, 0.3) is 0 Å². The van der Waals surface area contributed by atoms with Crippen molar-refractivity contribution in [2.45, 2.75) is 13.8 Å². The molecule has 0 bridgehead atoms. The summed E-state index contributed by atoms with van der Waals surface area (Å²) in [6.45, 7) is 5.69. The summed E-state index contributed by atoms with van der Waals surface area (Å²) in [5, 5.41) is 3.17. The van der Waals surface area contributed by atoms with Gasteiger partial charge in [-0.05, 0) is 26.0 Å². The molecule has 6 heteroatoms. The first kappa shape index (κ1) is 16.8. The van der Waals surface area contributed by atoms with Crippen LogP contribution in [0.5, 0.6) is 5.75 Å². The van der Waals surface area contributed by atoms with E-state index >= 15 is 0 Å². The number of benzene rings is 1. The molecule has 0 atom stereocenters. The number of carbonyl (C=O) groups is 1. The second kappa shape index (κ2) is 9.58. The van der Waals surface area contributed by atoms with Crippen LogP contribution in [0, 0.1) is 0 Å². The van der Waals surface area contributed by atoms with E-state index < -0.39 is 0 Å². The highest BCUT2D eigenvalue weighted by atomic mass is 35.5. The van der Waals surface area contributed by atoms with Gasteiger partial charge in [-0.3, -0.25) is 4.79 Å². The maximum absolute atomic E-state index is 11.7. The topological polar surface area (TPSA) is 56.8 Å². The third-order valence-corrected chi connectivity index (χ3v) is 2.64. The predicted molar refractivity (Wildman–Crippen MR) is 78.6 cm³/mol. The average molecular weight is 302 g/mol. The average Bonchev–Trinajstić information content (AvgIpc) is 2.42. The van der Waals surface area contributed by atoms with E-state index in [0.29, 0.717) is 42.9 Å². The molecule has 0 fully saturated rings. The van der Waals surface area contributed by atoms with Crippen molar-refractivity contribution in [3.05, 3.63) is 23.2 Å². The highest BCUT2D eigenvalue weighted by molar-refractivity contribution is 6.32. The van der Waals surface area contributed by atoms with Gasteiger partial charge in [0.05, 0.1) is 30.5 Å². The number of para-hydroxylation sites is 1. The first-order valence-electron chi connectivity index (χ1n) is 6.55. The lowest BCUT2D eigenvalue weighted by Crippen LogP contribution is -2.20. The highest BCUT2D eigenvalue weighted by Crippen LogP contribution is 2.32. The molecule has 0 aliphatic carbocycles. The molecule has 20 heavy (non-hydrogen) atoms. The van der Waals surface area contributed by atoms with E-state index in [1.54, 1.807) is 18.2 Å². The third-order valence-electron chi connectivity index (χ3n) is 2.34. The molecule has 5 nitrogen and oxygen atoms in total. The van der Waals surface area contributed by atoms with Crippen LogP contribution in [0.15, 0.2) is 18.2 Å². The molecule has 1 N–H and O–H groups in total. The molecule has 0 unspecified atom stereocenters. The molecule has 0 aromatic heterocycles. The maximum Gasteiger partial charge on any atom is 0.250 e. The number of carbonyl (C=O) groups excluding carboxylic acids is 1. The normalized spacial score (nSPS) is 10.3. The van der Waals surface area contributed by atoms with Crippen LogP contribution in [0.1, 0.15) is 13.8 Å². The van der Waals surface area contributed by atoms with E-state index in [4.69, 9.17) is 25.8 Å². The summed E-state index contributed by atoms with van der Waals surface area (Å²) >= 11 is 6.03. The van der Waals surface area contributed by atoms with Crippen LogP contribution in [0.4, 0.5) is 5.69 Å². The molecule has 0 radical (unpaired) electrons. The van der Waals surface area contributed by atoms with Gasteiger partial charge >= 0.3 is 0 Å². The third kappa shape index (κ3) is 5.77. The van der Waals surface area contributed by atoms with Gasteiger partial charge in [-0.25, -0.2) is 0 Å². The zero-order chi connectivity index (χ0) is 14.8. The van der Waals surface area contributed by atoms with Gasteiger partial charge in [0.1, 0.15) is 6.61 Å². The Morgan fingerprint density at radius 3 is 2.65 bits per heavy atom. The largest absolute Gasteiger partial charge is 0.490 e. The summed E-state index contributed by atoms with van der Waals surface area (Å²) in [6.07, 6.45) is 0. The number of nitrogens with one attached hydrogen (secondary N) is 1. The monoisotopic (exact) mass is 301 g/mol. The van der Waals surface area contributed by atoms with E-state index in [1.165, 1.54) is 0 Å². The number of hydrogen-bond donors (Lipinski definition) is 1. The van der Waals surface area contributed by atoms with Crippen LogP contribution in [0.3, 0.4) is 0 Å². The zero-order valence-electron chi connectivity index (χ0n) is 11.8. The van der Waals surface area contributed by atoms with E-state index in [1.807, 2.05) is 13.8 Å². The van der Waals surface area contributed by atoms with Gasteiger partial charge in [-0.15, -0.1) is 0 Å². The summed E-state index contributed by atoms with van der Waals surface area (Å²) in [5.74, 6) is 0.212. The minimum Gasteiger partial charge on any atom is -0.490 e. The van der Waals surface area contributed by atoms with Gasteiger partial charge in [-0.2, -0.15) is 0 Å². The van der Waals surface area contributed by atoms with Crippen molar-refractivity contribution in [2.24, 2.45) is 0 Å². The minimum absolute atomic E-state index is 0.0366. The Balaban J connectivity index is 2.47. The van der Waals surface area contributed by atoms with Crippen molar-refractivity contribution in [3.8, 4) is 5.75 Å². The smallest absolute Gasteiger partial charge is 0.250 e. The van der Waals surface area contributed by atoms with E-state index in [9.17, 15) is 4.79 Å². The summed E-state index contributed by atoms with van der Waals surface area (Å²) in [5.41, 5.74) is 0.540. The molecular formula is C14H20ClNO4. The van der Waals surface area contributed by atoms with Crippen LogP contribution in [0.25, 0.3) is 0 Å². The lowest BCUT2D eigenvalue weighted by molar-refractivity contribution is -0.121. The van der Waals surface area contributed by atoms with Crippen LogP contribution in [-0.4, -0.2) is 38.9 Å². The first-order chi connectivity index (χ1) is 9.69. The summed E-state index contributed by atoms with van der Waals surface area (Å²) in [4.78, 5) is 11.7. The van der Waals surface area contributed by atoms with E-state index in [0.717, 1.165) is 0 Å². The Hall–Kier alpha value is -1.30. The highest BCUT2D eigenvalue weighted by Gasteiger charge is 2.11. The zero-order valence-corrected chi connectivity index (χ0v) is 12.5. The van der Waals surface area contributed by atoms with Crippen molar-refractivity contribution in [1.82, 2.24) is 0 Å². The van der Waals surface area contributed by atoms with Crippen molar-refractivity contribution >= 4 is 23.2 Å². The summed E-state index contributed by atoms with van der Waals surface area (Å²) in [6, 6.07) is 5.19. The molecule has 112 valence electrons. The Kier molecular flexibility index (Phi) is 8.02. The molecule has 1 rings (SSSR count). The van der Waals surface area contributed by atoms with Gasteiger partial charge in [0.15, 0.2) is 5.75 Å². The fraction of sp³-hybridized carbons (Fsp3) is 0.500. The Morgan fingerprint density at radius 1 is 1.20 bits per heavy atom. The quantitative estimate of drug-likeness (QED) is 0.713. The van der Waals surface area contributed by atoms with Crippen LogP contribution in [-0.2, 0) is 14.3 Å². The molecule has 1 aromatic carbocycles. The first-order valence-corrected chi connectivity index (χ1v) is 6.93. The molecule has 0 heterocycles. The van der Waals surface area contributed by atoms with Crippen LogP contribution in [0.2, 0.25) is 5.02 Å². The summed E-state index contributed by atoms with van der Waals surface area (Å²) in [7, 11) is 0. The minimum atomic E-state index is -0.260. The van der Waals surface area contributed by atoms with Crippen LogP contribution < -0.4 is 10.1 Å². The number of ether oxygens (including phenoxy) is 3. The molecule has 1 amide bonds. The maximum atomic E-state index is 11.7. The Labute approximate surface area is 124 Å². The van der Waals surface area contributed by atoms with Crippen molar-refractivity contribution < 1.29 is 19.0 Å². The SMILES string of the molecule is CCOCCOCC(=O)Nc1cccc(Cl)c1OCC. The predicted octanol–water partition coefficient (Wildman–Crippen LogP) is 2.73. The number of anilines is 1. The summed E-state index contributed by atoms with van der Waals surface area (Å²) < 4.78 is 15.7. The molecule has 0 spiro atoms. The molecular weight excluding hydrogens is 282 g/mol.